The van der Waals surface area contributed by atoms with E-state index in [0.29, 0.717) is 5.65 Å². The van der Waals surface area contributed by atoms with Crippen molar-refractivity contribution in [2.45, 2.75) is 19.9 Å². The van der Waals surface area contributed by atoms with Crippen LogP contribution in [0, 0.1) is 6.92 Å². The van der Waals surface area contributed by atoms with Crippen molar-refractivity contribution in [1.29, 1.82) is 0 Å². The van der Waals surface area contributed by atoms with Crippen molar-refractivity contribution in [2.75, 3.05) is 0 Å². The highest BCUT2D eigenvalue weighted by atomic mass is 15.2. The maximum Gasteiger partial charge on any atom is 0.197 e. The fraction of sp³-hybridized carbons (Fsp3) is 0.190. The highest BCUT2D eigenvalue weighted by Crippen LogP contribution is 2.28. The van der Waals surface area contributed by atoms with Crippen molar-refractivity contribution < 1.29 is 0 Å². The van der Waals surface area contributed by atoms with Gasteiger partial charge in [0, 0.05) is 30.4 Å². The third-order valence-corrected chi connectivity index (χ3v) is 5.14. The minimum absolute atomic E-state index is 0.0630. The normalized spacial score (nSPS) is 12.7. The van der Waals surface area contributed by atoms with Crippen molar-refractivity contribution >= 4 is 22.2 Å². The molecule has 1 unspecified atom stereocenters. The van der Waals surface area contributed by atoms with E-state index in [-0.39, 0.29) is 6.04 Å². The fourth-order valence-corrected chi connectivity index (χ4v) is 3.63. The molecule has 7 nitrogen and oxygen atoms in total. The van der Waals surface area contributed by atoms with Crippen LogP contribution in [0.3, 0.4) is 0 Å². The van der Waals surface area contributed by atoms with E-state index in [1.165, 1.54) is 11.1 Å². The molecule has 0 N–H and O–H groups in total. The van der Waals surface area contributed by atoms with E-state index >= 15 is 0 Å². The first-order chi connectivity index (χ1) is 13.6. The Morgan fingerprint density at radius 3 is 2.79 bits per heavy atom. The van der Waals surface area contributed by atoms with Crippen molar-refractivity contribution in [3.63, 3.8) is 0 Å². The summed E-state index contributed by atoms with van der Waals surface area (Å²) in [6.45, 7) is 4.27. The Hall–Kier alpha value is -3.61. The molecule has 0 aliphatic carbocycles. The van der Waals surface area contributed by atoms with Gasteiger partial charge in [-0.3, -0.25) is 9.67 Å². The van der Waals surface area contributed by atoms with Gasteiger partial charge in [0.05, 0.1) is 36.0 Å². The molecule has 0 saturated carbocycles. The van der Waals surface area contributed by atoms with Gasteiger partial charge in [0.25, 0.3) is 0 Å². The Bertz CT molecular complexity index is 1320. The second-order valence-electron chi connectivity index (χ2n) is 7.04. The van der Waals surface area contributed by atoms with Crippen LogP contribution in [0.1, 0.15) is 24.1 Å². The Kier molecular flexibility index (Phi) is 3.68. The number of nitrogens with zero attached hydrogens (tertiary/aromatic N) is 7. The van der Waals surface area contributed by atoms with Gasteiger partial charge < -0.3 is 4.57 Å². The number of fused-ring (bicyclic) bond motifs is 2. The Labute approximate surface area is 161 Å². The zero-order chi connectivity index (χ0) is 19.3. The molecule has 7 heteroatoms. The predicted molar refractivity (Wildman–Crippen MR) is 108 cm³/mol. The lowest BCUT2D eigenvalue weighted by Crippen LogP contribution is -2.08. The first-order valence-electron chi connectivity index (χ1n) is 9.14. The topological polar surface area (TPSA) is 74.3 Å². The van der Waals surface area contributed by atoms with E-state index in [0.717, 1.165) is 27.8 Å². The van der Waals surface area contributed by atoms with Gasteiger partial charge in [-0.25, -0.2) is 15.0 Å². The van der Waals surface area contributed by atoms with Crippen molar-refractivity contribution in [3.05, 3.63) is 66.5 Å². The van der Waals surface area contributed by atoms with Crippen LogP contribution in [0.5, 0.6) is 0 Å². The minimum Gasteiger partial charge on any atom is -0.307 e. The van der Waals surface area contributed by atoms with Gasteiger partial charge in [-0.1, -0.05) is 6.07 Å². The van der Waals surface area contributed by atoms with Crippen LogP contribution in [0.15, 0.2) is 55.4 Å². The number of aryl methyl sites for hydroxylation is 2. The predicted octanol–water partition coefficient (Wildman–Crippen LogP) is 3.69. The summed E-state index contributed by atoms with van der Waals surface area (Å²) < 4.78 is 3.83. The summed E-state index contributed by atoms with van der Waals surface area (Å²) in [4.78, 5) is 18.2. The Morgan fingerprint density at radius 2 is 1.96 bits per heavy atom. The first-order valence-corrected chi connectivity index (χ1v) is 9.14. The van der Waals surface area contributed by atoms with Gasteiger partial charge in [0.2, 0.25) is 0 Å². The molecule has 5 aromatic rings. The Morgan fingerprint density at radius 1 is 1.07 bits per heavy atom. The summed E-state index contributed by atoms with van der Waals surface area (Å²) in [6, 6.07) is 8.45. The molecular weight excluding hydrogens is 350 g/mol. The molecule has 0 aliphatic heterocycles. The minimum atomic E-state index is 0.0630. The molecule has 1 atom stereocenters. The number of rotatable bonds is 3. The maximum absolute atomic E-state index is 4.83. The monoisotopic (exact) mass is 369 g/mol. The molecule has 4 aromatic heterocycles. The standard InChI is InChI=1S/C21H19N7/c1-13-7-18-15(5-4-6-22-18)8-17(13)14(2)28-12-24-20-21(28)26-19(10-23-20)16-9-25-27(3)11-16/h4-12,14H,1-3H3. The summed E-state index contributed by atoms with van der Waals surface area (Å²) >= 11 is 0. The van der Waals surface area contributed by atoms with Crippen LogP contribution in [-0.2, 0) is 7.05 Å². The average molecular weight is 369 g/mol. The number of hydrogen-bond donors (Lipinski definition) is 0. The van der Waals surface area contributed by atoms with Crippen LogP contribution < -0.4 is 0 Å². The lowest BCUT2D eigenvalue weighted by molar-refractivity contribution is 0.649. The highest BCUT2D eigenvalue weighted by Gasteiger charge is 2.17. The summed E-state index contributed by atoms with van der Waals surface area (Å²) in [6.07, 6.45) is 9.11. The number of benzene rings is 1. The molecule has 0 saturated heterocycles. The number of hydrogen-bond acceptors (Lipinski definition) is 5. The molecule has 0 amide bonds. The lowest BCUT2D eigenvalue weighted by atomic mass is 9.99. The molecule has 1 aromatic carbocycles. The summed E-state index contributed by atoms with van der Waals surface area (Å²) in [5.41, 5.74) is 6.54. The van der Waals surface area contributed by atoms with Crippen molar-refractivity contribution in [2.24, 2.45) is 7.05 Å². The molecule has 0 radical (unpaired) electrons. The molecule has 28 heavy (non-hydrogen) atoms. The smallest absolute Gasteiger partial charge is 0.197 e. The molecule has 5 rings (SSSR count). The van der Waals surface area contributed by atoms with Crippen LogP contribution >= 0.6 is 0 Å². The number of pyridine rings is 1. The van der Waals surface area contributed by atoms with E-state index < -0.39 is 0 Å². The second kappa shape index (κ2) is 6.23. The van der Waals surface area contributed by atoms with Gasteiger partial charge >= 0.3 is 0 Å². The molecule has 0 fully saturated rings. The number of aromatic nitrogens is 7. The van der Waals surface area contributed by atoms with Crippen LogP contribution in [0.25, 0.3) is 33.5 Å². The molecule has 0 aliphatic rings. The highest BCUT2D eigenvalue weighted by molar-refractivity contribution is 5.80. The molecular formula is C21H19N7. The zero-order valence-electron chi connectivity index (χ0n) is 15.9. The van der Waals surface area contributed by atoms with Crippen LogP contribution in [-0.4, -0.2) is 34.3 Å². The molecule has 138 valence electrons. The van der Waals surface area contributed by atoms with Crippen LogP contribution in [0.4, 0.5) is 0 Å². The van der Waals surface area contributed by atoms with Crippen molar-refractivity contribution in [3.8, 4) is 11.3 Å². The zero-order valence-corrected chi connectivity index (χ0v) is 15.9. The fourth-order valence-electron chi connectivity index (χ4n) is 3.63. The maximum atomic E-state index is 4.83. The van der Waals surface area contributed by atoms with E-state index in [1.54, 1.807) is 17.1 Å². The lowest BCUT2D eigenvalue weighted by Gasteiger charge is -2.17. The molecule has 4 heterocycles. The third kappa shape index (κ3) is 2.63. The molecule has 0 bridgehead atoms. The van der Waals surface area contributed by atoms with Gasteiger partial charge in [-0.2, -0.15) is 5.10 Å². The van der Waals surface area contributed by atoms with E-state index in [9.17, 15) is 0 Å². The van der Waals surface area contributed by atoms with E-state index in [2.05, 4.69) is 56.7 Å². The summed E-state index contributed by atoms with van der Waals surface area (Å²) in [7, 11) is 1.89. The second-order valence-corrected chi connectivity index (χ2v) is 7.04. The quantitative estimate of drug-likeness (QED) is 0.485. The van der Waals surface area contributed by atoms with Gasteiger partial charge in [-0.15, -0.1) is 0 Å². The SMILES string of the molecule is Cc1cc2ncccc2cc1C(C)n1cnc2ncc(-c3cnn(C)c3)nc21. The first kappa shape index (κ1) is 16.6. The molecule has 0 spiro atoms. The summed E-state index contributed by atoms with van der Waals surface area (Å²) in [5.74, 6) is 0. The average Bonchev–Trinajstić information content (AvgIpc) is 3.32. The number of imidazole rings is 1. The van der Waals surface area contributed by atoms with Crippen molar-refractivity contribution in [1.82, 2.24) is 34.3 Å². The van der Waals surface area contributed by atoms with Gasteiger partial charge in [-0.05, 0) is 43.2 Å². The largest absolute Gasteiger partial charge is 0.307 e. The Balaban J connectivity index is 1.63. The van der Waals surface area contributed by atoms with E-state index in [1.807, 2.05) is 31.8 Å². The van der Waals surface area contributed by atoms with E-state index in [4.69, 9.17) is 4.98 Å². The van der Waals surface area contributed by atoms with Crippen LogP contribution in [0.2, 0.25) is 0 Å². The van der Waals surface area contributed by atoms with Gasteiger partial charge in [0.1, 0.15) is 0 Å². The van der Waals surface area contributed by atoms with Gasteiger partial charge in [0.15, 0.2) is 11.3 Å². The third-order valence-electron chi connectivity index (χ3n) is 5.14. The summed E-state index contributed by atoms with van der Waals surface area (Å²) in [5, 5.41) is 5.35.